The van der Waals surface area contributed by atoms with Gasteiger partial charge in [-0.15, -0.1) is 0 Å². The average Bonchev–Trinajstić information content (AvgIpc) is 2.46. The van der Waals surface area contributed by atoms with E-state index in [2.05, 4.69) is 21.6 Å². The number of hydrogen-bond acceptors (Lipinski definition) is 4. The molecule has 2 heterocycles. The van der Waals surface area contributed by atoms with Gasteiger partial charge in [-0.2, -0.15) is 0 Å². The van der Waals surface area contributed by atoms with Crippen molar-refractivity contribution in [3.63, 3.8) is 0 Å². The van der Waals surface area contributed by atoms with Crippen LogP contribution in [-0.4, -0.2) is 50.1 Å². The molecule has 0 unspecified atom stereocenters. The predicted molar refractivity (Wildman–Crippen MR) is 73.6 cm³/mol. The van der Waals surface area contributed by atoms with Crippen molar-refractivity contribution in [2.45, 2.75) is 6.42 Å². The van der Waals surface area contributed by atoms with E-state index in [1.165, 1.54) is 5.56 Å². The predicted octanol–water partition coefficient (Wildman–Crippen LogP) is 0.465. The van der Waals surface area contributed by atoms with Crippen molar-refractivity contribution in [1.82, 2.24) is 10.2 Å². The number of hydrogen-bond donors (Lipinski definition) is 2. The molecule has 1 fully saturated rings. The zero-order chi connectivity index (χ0) is 13.1. The van der Waals surface area contributed by atoms with E-state index in [9.17, 15) is 4.79 Å². The molecule has 3 rings (SSSR count). The van der Waals surface area contributed by atoms with Gasteiger partial charge in [-0.3, -0.25) is 4.79 Å². The second-order valence-electron chi connectivity index (χ2n) is 5.01. The Labute approximate surface area is 112 Å². The van der Waals surface area contributed by atoms with Crippen LogP contribution >= 0.6 is 0 Å². The molecule has 0 aliphatic carbocycles. The smallest absolute Gasteiger partial charge is 0.262 e. The Bertz CT molecular complexity index is 470. The summed E-state index contributed by atoms with van der Waals surface area (Å²) < 4.78 is 5.35. The highest BCUT2D eigenvalue weighted by molar-refractivity contribution is 5.95. The van der Waals surface area contributed by atoms with Crippen molar-refractivity contribution < 1.29 is 9.53 Å². The van der Waals surface area contributed by atoms with Gasteiger partial charge in [0, 0.05) is 32.7 Å². The molecular weight excluding hydrogens is 242 g/mol. The Morgan fingerprint density at radius 2 is 2.11 bits per heavy atom. The largest absolute Gasteiger partial charge is 0.482 e. The maximum atomic E-state index is 11.3. The molecule has 0 bridgehead atoms. The number of ether oxygens (including phenoxy) is 1. The first-order valence-electron chi connectivity index (χ1n) is 6.80. The SMILES string of the molecule is O=C1COc2ccc(CCN3CCNCC3)cc2N1. The third-order valence-corrected chi connectivity index (χ3v) is 3.60. The van der Waals surface area contributed by atoms with Gasteiger partial charge in [-0.05, 0) is 24.1 Å². The Kier molecular flexibility index (Phi) is 3.66. The second kappa shape index (κ2) is 5.59. The van der Waals surface area contributed by atoms with Crippen LogP contribution in [0, 0.1) is 0 Å². The van der Waals surface area contributed by atoms with Crippen LogP contribution in [0.15, 0.2) is 18.2 Å². The van der Waals surface area contributed by atoms with E-state index in [0.29, 0.717) is 0 Å². The minimum atomic E-state index is -0.0771. The molecule has 5 heteroatoms. The molecule has 2 aliphatic rings. The fraction of sp³-hybridized carbons (Fsp3) is 0.500. The number of anilines is 1. The minimum Gasteiger partial charge on any atom is -0.482 e. The fourth-order valence-corrected chi connectivity index (χ4v) is 2.51. The van der Waals surface area contributed by atoms with E-state index in [0.717, 1.165) is 50.6 Å². The number of carbonyl (C=O) groups excluding carboxylic acids is 1. The second-order valence-corrected chi connectivity index (χ2v) is 5.01. The lowest BCUT2D eigenvalue weighted by Gasteiger charge is -2.27. The third-order valence-electron chi connectivity index (χ3n) is 3.60. The summed E-state index contributed by atoms with van der Waals surface area (Å²) in [4.78, 5) is 13.8. The lowest BCUT2D eigenvalue weighted by molar-refractivity contribution is -0.118. The topological polar surface area (TPSA) is 53.6 Å². The van der Waals surface area contributed by atoms with Crippen LogP contribution in [0.1, 0.15) is 5.56 Å². The molecule has 2 N–H and O–H groups in total. The van der Waals surface area contributed by atoms with Gasteiger partial charge >= 0.3 is 0 Å². The number of amides is 1. The van der Waals surface area contributed by atoms with Gasteiger partial charge in [0.25, 0.3) is 5.91 Å². The maximum absolute atomic E-state index is 11.3. The van der Waals surface area contributed by atoms with Crippen LogP contribution in [0.2, 0.25) is 0 Å². The molecule has 0 atom stereocenters. The molecule has 102 valence electrons. The number of piperazine rings is 1. The Morgan fingerprint density at radius 3 is 2.95 bits per heavy atom. The number of benzene rings is 1. The first kappa shape index (κ1) is 12.4. The highest BCUT2D eigenvalue weighted by atomic mass is 16.5. The molecule has 1 saturated heterocycles. The molecule has 0 spiro atoms. The summed E-state index contributed by atoms with van der Waals surface area (Å²) in [5.74, 6) is 0.692. The Hall–Kier alpha value is -1.59. The van der Waals surface area contributed by atoms with Crippen molar-refractivity contribution in [3.05, 3.63) is 23.8 Å². The number of nitrogens with one attached hydrogen (secondary N) is 2. The standard InChI is InChI=1S/C14H19N3O2/c18-14-10-19-13-2-1-11(9-12(13)16-14)3-6-17-7-4-15-5-8-17/h1-2,9,15H,3-8,10H2,(H,16,18). The number of fused-ring (bicyclic) bond motifs is 1. The van der Waals surface area contributed by atoms with Crippen LogP contribution < -0.4 is 15.4 Å². The summed E-state index contributed by atoms with van der Waals surface area (Å²) in [6, 6.07) is 6.05. The zero-order valence-corrected chi connectivity index (χ0v) is 10.9. The summed E-state index contributed by atoms with van der Waals surface area (Å²) in [6.07, 6.45) is 1.00. The molecule has 1 amide bonds. The first-order chi connectivity index (χ1) is 9.31. The molecule has 2 aliphatic heterocycles. The summed E-state index contributed by atoms with van der Waals surface area (Å²) in [5.41, 5.74) is 2.04. The van der Waals surface area contributed by atoms with Crippen LogP contribution in [0.3, 0.4) is 0 Å². The fourth-order valence-electron chi connectivity index (χ4n) is 2.51. The molecule has 1 aromatic rings. The van der Waals surface area contributed by atoms with E-state index in [4.69, 9.17) is 4.74 Å². The van der Waals surface area contributed by atoms with Gasteiger partial charge in [0.2, 0.25) is 0 Å². The number of nitrogens with zero attached hydrogens (tertiary/aromatic N) is 1. The summed E-state index contributed by atoms with van der Waals surface area (Å²) in [5, 5.41) is 6.20. The van der Waals surface area contributed by atoms with Crippen molar-refractivity contribution in [3.8, 4) is 5.75 Å². The van der Waals surface area contributed by atoms with Crippen molar-refractivity contribution in [2.24, 2.45) is 0 Å². The van der Waals surface area contributed by atoms with Crippen molar-refractivity contribution in [2.75, 3.05) is 44.6 Å². The lowest BCUT2D eigenvalue weighted by atomic mass is 10.1. The average molecular weight is 261 g/mol. The van der Waals surface area contributed by atoms with E-state index < -0.39 is 0 Å². The lowest BCUT2D eigenvalue weighted by Crippen LogP contribution is -2.44. The van der Waals surface area contributed by atoms with Gasteiger partial charge in [0.15, 0.2) is 6.61 Å². The quantitative estimate of drug-likeness (QED) is 0.830. The number of carbonyl (C=O) groups is 1. The normalized spacial score (nSPS) is 19.5. The molecule has 19 heavy (non-hydrogen) atoms. The summed E-state index contributed by atoms with van der Waals surface area (Å²) in [7, 11) is 0. The maximum Gasteiger partial charge on any atom is 0.262 e. The van der Waals surface area contributed by atoms with E-state index in [1.807, 2.05) is 12.1 Å². The molecule has 0 saturated carbocycles. The Morgan fingerprint density at radius 1 is 1.26 bits per heavy atom. The molecule has 0 radical (unpaired) electrons. The third kappa shape index (κ3) is 3.05. The zero-order valence-electron chi connectivity index (χ0n) is 10.9. The summed E-state index contributed by atoms with van der Waals surface area (Å²) >= 11 is 0. The van der Waals surface area contributed by atoms with Crippen LogP contribution in [0.4, 0.5) is 5.69 Å². The Balaban J connectivity index is 1.61. The van der Waals surface area contributed by atoms with Crippen LogP contribution in [-0.2, 0) is 11.2 Å². The molecule has 1 aromatic carbocycles. The molecular formula is C14H19N3O2. The van der Waals surface area contributed by atoms with Gasteiger partial charge in [0.1, 0.15) is 5.75 Å². The molecule has 0 aromatic heterocycles. The number of rotatable bonds is 3. The van der Waals surface area contributed by atoms with Crippen LogP contribution in [0.25, 0.3) is 0 Å². The summed E-state index contributed by atoms with van der Waals surface area (Å²) in [6.45, 7) is 5.57. The van der Waals surface area contributed by atoms with E-state index >= 15 is 0 Å². The van der Waals surface area contributed by atoms with Crippen molar-refractivity contribution >= 4 is 11.6 Å². The van der Waals surface area contributed by atoms with E-state index in [1.54, 1.807) is 0 Å². The minimum absolute atomic E-state index is 0.0771. The van der Waals surface area contributed by atoms with Gasteiger partial charge in [-0.1, -0.05) is 6.07 Å². The van der Waals surface area contributed by atoms with E-state index in [-0.39, 0.29) is 12.5 Å². The highest BCUT2D eigenvalue weighted by Gasteiger charge is 2.16. The monoisotopic (exact) mass is 261 g/mol. The van der Waals surface area contributed by atoms with Gasteiger partial charge in [-0.25, -0.2) is 0 Å². The highest BCUT2D eigenvalue weighted by Crippen LogP contribution is 2.28. The van der Waals surface area contributed by atoms with Gasteiger partial charge < -0.3 is 20.3 Å². The van der Waals surface area contributed by atoms with Crippen LogP contribution in [0.5, 0.6) is 5.75 Å². The van der Waals surface area contributed by atoms with Crippen molar-refractivity contribution in [1.29, 1.82) is 0 Å². The first-order valence-corrected chi connectivity index (χ1v) is 6.80. The van der Waals surface area contributed by atoms with Gasteiger partial charge in [0.05, 0.1) is 5.69 Å². The molecule has 5 nitrogen and oxygen atoms in total.